The Morgan fingerprint density at radius 1 is 0.597 bits per heavy atom. The molecule has 0 aromatic carbocycles. The predicted molar refractivity (Wildman–Crippen MR) is 254 cm³/mol. The van der Waals surface area contributed by atoms with Crippen molar-refractivity contribution in [2.24, 2.45) is 0 Å². The number of esters is 2. The molecule has 0 aromatic rings. The number of carbonyl (C=O) groups excluding carboxylic acids is 2. The molecule has 11 nitrogen and oxygen atoms in total. The summed E-state index contributed by atoms with van der Waals surface area (Å²) in [6.45, 7) is 3.93. The minimum absolute atomic E-state index is 0.0160. The van der Waals surface area contributed by atoms with Gasteiger partial charge in [0.25, 0.3) is 0 Å². The molecule has 62 heavy (non-hydrogen) atoms. The standard InChI is InChI=1S/C50H82NO10P/c1-6-8-10-11-12-13-14-15-16-17-18-19-20-21-22-26-34-40-49(54)58-44-48(45-60-62(56,57)59-43-42-51(3,4)5)61-50(55)41-35-27-24-23-25-31-37-47(53)39-33-29-28-32-38-46(52)36-30-9-7-2/h9,15-16,18-19,21-22,24-25,27-33,38-39,46-48,52-53H,6-8,10-14,17,20,23,26,34-37,40-45H2,1-5H3/p+1/b16-15-,19-18-,22-21-,27-24-,29-28-,30-9-,31-25-,38-32+,39-33+/t46-,47+,48+/m0/s1. The summed E-state index contributed by atoms with van der Waals surface area (Å²) in [5.41, 5.74) is 0. The van der Waals surface area contributed by atoms with Crippen LogP contribution in [0.3, 0.4) is 0 Å². The number of unbranched alkanes of at least 4 members (excludes halogenated alkanes) is 7. The van der Waals surface area contributed by atoms with Gasteiger partial charge in [0.05, 0.1) is 40.0 Å². The molecule has 0 bridgehead atoms. The Morgan fingerprint density at radius 3 is 1.73 bits per heavy atom. The molecule has 0 rings (SSSR count). The van der Waals surface area contributed by atoms with Crippen molar-refractivity contribution in [3.63, 3.8) is 0 Å². The van der Waals surface area contributed by atoms with Gasteiger partial charge in [0, 0.05) is 12.8 Å². The molecular formula is C50H83NO10P+. The Morgan fingerprint density at radius 2 is 1.13 bits per heavy atom. The summed E-state index contributed by atoms with van der Waals surface area (Å²) in [6.07, 6.45) is 48.0. The van der Waals surface area contributed by atoms with Gasteiger partial charge < -0.3 is 29.1 Å². The van der Waals surface area contributed by atoms with E-state index in [-0.39, 0.29) is 26.1 Å². The topological polar surface area (TPSA) is 149 Å². The number of ether oxygens (including phenoxy) is 2. The molecule has 0 amide bonds. The van der Waals surface area contributed by atoms with Crippen molar-refractivity contribution < 1.29 is 52.3 Å². The lowest BCUT2D eigenvalue weighted by Gasteiger charge is -2.24. The van der Waals surface area contributed by atoms with Crippen LogP contribution in [0.4, 0.5) is 0 Å². The number of aliphatic hydroxyl groups excluding tert-OH is 2. The SMILES string of the molecule is CC/C=C\C[C@H](O)/C=C/C=C\C=C\[C@H](O)C/C=C\C/C=C\CCC(=O)O[C@H](COC(=O)CCC/C=C\C/C=C\C/C=C\CCCCCCCC)COP(=O)(O)OCC[N+](C)(C)C. The van der Waals surface area contributed by atoms with E-state index < -0.39 is 44.7 Å². The molecule has 0 aliphatic heterocycles. The summed E-state index contributed by atoms with van der Waals surface area (Å²) in [4.78, 5) is 35.4. The minimum atomic E-state index is -4.44. The molecule has 0 aliphatic carbocycles. The van der Waals surface area contributed by atoms with E-state index in [0.29, 0.717) is 49.6 Å². The summed E-state index contributed by atoms with van der Waals surface area (Å²) in [5, 5.41) is 20.0. The van der Waals surface area contributed by atoms with Crippen LogP contribution in [0.25, 0.3) is 0 Å². The number of nitrogens with zero attached hydrogens (tertiary/aromatic N) is 1. The summed E-state index contributed by atoms with van der Waals surface area (Å²) in [7, 11) is 1.32. The van der Waals surface area contributed by atoms with Crippen LogP contribution in [0.2, 0.25) is 0 Å². The Balaban J connectivity index is 4.68. The first-order valence-electron chi connectivity index (χ1n) is 22.8. The van der Waals surface area contributed by atoms with Crippen molar-refractivity contribution in [3.8, 4) is 0 Å². The minimum Gasteiger partial charge on any atom is -0.462 e. The molecule has 0 fully saturated rings. The fourth-order valence-corrected chi connectivity index (χ4v) is 6.09. The second-order valence-corrected chi connectivity index (χ2v) is 17.6. The zero-order valence-electron chi connectivity index (χ0n) is 38.8. The summed E-state index contributed by atoms with van der Waals surface area (Å²) < 4.78 is 34.1. The van der Waals surface area contributed by atoms with E-state index in [4.69, 9.17) is 18.5 Å². The molecule has 0 spiro atoms. The highest BCUT2D eigenvalue weighted by Gasteiger charge is 2.27. The largest absolute Gasteiger partial charge is 0.472 e. The molecule has 352 valence electrons. The third-order valence-corrected chi connectivity index (χ3v) is 9.95. The smallest absolute Gasteiger partial charge is 0.462 e. The Labute approximate surface area is 375 Å². The normalized spacial score (nSPS) is 15.5. The molecule has 3 N–H and O–H groups in total. The van der Waals surface area contributed by atoms with Gasteiger partial charge in [-0.3, -0.25) is 18.6 Å². The maximum atomic E-state index is 12.7. The number of aliphatic hydroxyl groups is 2. The van der Waals surface area contributed by atoms with Crippen LogP contribution in [0.5, 0.6) is 0 Å². The van der Waals surface area contributed by atoms with Crippen LogP contribution < -0.4 is 0 Å². The highest BCUT2D eigenvalue weighted by molar-refractivity contribution is 7.47. The van der Waals surface area contributed by atoms with E-state index in [9.17, 15) is 29.3 Å². The highest BCUT2D eigenvalue weighted by atomic mass is 31.2. The molecule has 12 heteroatoms. The second kappa shape index (κ2) is 40.4. The Bertz CT molecular complexity index is 1450. The monoisotopic (exact) mass is 889 g/mol. The summed E-state index contributed by atoms with van der Waals surface area (Å²) in [5.74, 6) is -1.04. The predicted octanol–water partition coefficient (Wildman–Crippen LogP) is 11.1. The van der Waals surface area contributed by atoms with Crippen molar-refractivity contribution in [1.29, 1.82) is 0 Å². The van der Waals surface area contributed by atoms with Gasteiger partial charge in [-0.15, -0.1) is 0 Å². The quantitative estimate of drug-likeness (QED) is 0.0136. The van der Waals surface area contributed by atoms with Crippen molar-refractivity contribution in [3.05, 3.63) is 109 Å². The zero-order valence-corrected chi connectivity index (χ0v) is 39.7. The van der Waals surface area contributed by atoms with Crippen molar-refractivity contribution >= 4 is 19.8 Å². The lowest BCUT2D eigenvalue weighted by atomic mass is 10.1. The molecule has 1 unspecified atom stereocenters. The van der Waals surface area contributed by atoms with E-state index in [1.807, 2.05) is 70.6 Å². The van der Waals surface area contributed by atoms with E-state index >= 15 is 0 Å². The van der Waals surface area contributed by atoms with Gasteiger partial charge in [-0.2, -0.15) is 0 Å². The van der Waals surface area contributed by atoms with E-state index in [0.717, 1.165) is 25.7 Å². The highest BCUT2D eigenvalue weighted by Crippen LogP contribution is 2.43. The van der Waals surface area contributed by atoms with Gasteiger partial charge in [0.2, 0.25) is 0 Å². The molecule has 0 aliphatic rings. The molecule has 0 radical (unpaired) electrons. The van der Waals surface area contributed by atoms with Crippen LogP contribution in [0, 0.1) is 0 Å². The molecule has 0 saturated heterocycles. The first-order chi connectivity index (χ1) is 29.8. The van der Waals surface area contributed by atoms with Gasteiger partial charge in [-0.05, 0) is 70.6 Å². The van der Waals surface area contributed by atoms with Crippen LogP contribution in [-0.2, 0) is 32.7 Å². The van der Waals surface area contributed by atoms with Crippen LogP contribution >= 0.6 is 7.82 Å². The number of allylic oxidation sites excluding steroid dienone is 14. The lowest BCUT2D eigenvalue weighted by molar-refractivity contribution is -0.870. The number of rotatable bonds is 39. The number of phosphoric acid groups is 1. The Hall–Kier alpha value is -3.41. The molecular weight excluding hydrogens is 806 g/mol. The van der Waals surface area contributed by atoms with Crippen molar-refractivity contribution in [2.45, 2.75) is 148 Å². The number of hydrogen-bond donors (Lipinski definition) is 3. The van der Waals surface area contributed by atoms with Crippen molar-refractivity contribution in [2.75, 3.05) is 47.5 Å². The van der Waals surface area contributed by atoms with Crippen LogP contribution in [0.1, 0.15) is 129 Å². The van der Waals surface area contributed by atoms with Gasteiger partial charge in [-0.25, -0.2) is 4.57 Å². The molecule has 0 saturated carbocycles. The number of hydrogen-bond acceptors (Lipinski definition) is 9. The molecule has 0 aromatic heterocycles. The first-order valence-corrected chi connectivity index (χ1v) is 24.3. The van der Waals surface area contributed by atoms with E-state index in [1.165, 1.54) is 38.5 Å². The molecule has 0 heterocycles. The van der Waals surface area contributed by atoms with E-state index in [2.05, 4.69) is 37.3 Å². The fraction of sp³-hybridized carbons (Fsp3) is 0.600. The number of quaternary nitrogens is 1. The third-order valence-electron chi connectivity index (χ3n) is 8.97. The van der Waals surface area contributed by atoms with E-state index in [1.54, 1.807) is 36.5 Å². The fourth-order valence-electron chi connectivity index (χ4n) is 5.35. The maximum absolute atomic E-state index is 12.7. The lowest BCUT2D eigenvalue weighted by Crippen LogP contribution is -2.37. The summed E-state index contributed by atoms with van der Waals surface area (Å²) in [6, 6.07) is 0. The number of phosphoric ester groups is 1. The first kappa shape index (κ1) is 58.6. The van der Waals surface area contributed by atoms with Crippen LogP contribution in [0.15, 0.2) is 109 Å². The number of likely N-dealkylation sites (N-methyl/N-ethyl adjacent to an activating group) is 1. The average Bonchev–Trinajstić information content (AvgIpc) is 3.21. The number of carbonyl (C=O) groups is 2. The Kier molecular flexibility index (Phi) is 38.1. The molecule has 4 atom stereocenters. The zero-order chi connectivity index (χ0) is 46.0. The summed E-state index contributed by atoms with van der Waals surface area (Å²) >= 11 is 0. The average molecular weight is 889 g/mol. The second-order valence-electron chi connectivity index (χ2n) is 16.1. The van der Waals surface area contributed by atoms with Gasteiger partial charge in [-0.1, -0.05) is 155 Å². The van der Waals surface area contributed by atoms with Crippen LogP contribution in [-0.4, -0.2) is 97.3 Å². The third kappa shape index (κ3) is 43.2. The van der Waals surface area contributed by atoms with Gasteiger partial charge in [0.15, 0.2) is 6.10 Å². The maximum Gasteiger partial charge on any atom is 0.472 e. The van der Waals surface area contributed by atoms with Gasteiger partial charge in [0.1, 0.15) is 19.8 Å². The van der Waals surface area contributed by atoms with Crippen molar-refractivity contribution in [1.82, 2.24) is 0 Å². The van der Waals surface area contributed by atoms with Gasteiger partial charge >= 0.3 is 19.8 Å².